The van der Waals surface area contributed by atoms with Crippen molar-refractivity contribution in [1.82, 2.24) is 14.2 Å². The summed E-state index contributed by atoms with van der Waals surface area (Å²) in [5.41, 5.74) is 1.05. The van der Waals surface area contributed by atoms with E-state index in [2.05, 4.69) is 9.88 Å². The van der Waals surface area contributed by atoms with E-state index in [-0.39, 0.29) is 12.0 Å². The molecule has 0 spiro atoms. The number of hydrogen-bond donors (Lipinski definition) is 1. The summed E-state index contributed by atoms with van der Waals surface area (Å²) in [5, 5.41) is 3.11. The normalized spacial score (nSPS) is 17.7. The van der Waals surface area contributed by atoms with Crippen molar-refractivity contribution in [2.45, 2.75) is 57.1 Å². The second-order valence-corrected chi connectivity index (χ2v) is 8.34. The third-order valence-corrected chi connectivity index (χ3v) is 6.33. The first-order chi connectivity index (χ1) is 9.78. The van der Waals surface area contributed by atoms with Gasteiger partial charge in [-0.05, 0) is 38.8 Å². The lowest BCUT2D eigenvalue weighted by Gasteiger charge is -2.26. The summed E-state index contributed by atoms with van der Waals surface area (Å²) < 4.78 is 29.2. The molecule has 1 saturated carbocycles. The minimum absolute atomic E-state index is 0.0213. The summed E-state index contributed by atoms with van der Waals surface area (Å²) in [6.45, 7) is 6.72. The molecule has 5 nitrogen and oxygen atoms in total. The lowest BCUT2D eigenvalue weighted by Crippen LogP contribution is -2.38. The van der Waals surface area contributed by atoms with E-state index in [1.165, 1.54) is 4.31 Å². The monoisotopic (exact) mass is 313 g/mol. The van der Waals surface area contributed by atoms with Crippen LogP contribution < -0.4 is 5.32 Å². The molecule has 2 rings (SSSR count). The lowest BCUT2D eigenvalue weighted by molar-refractivity contribution is 0.316. The molecule has 21 heavy (non-hydrogen) atoms. The van der Waals surface area contributed by atoms with Gasteiger partial charge in [-0.3, -0.25) is 0 Å². The van der Waals surface area contributed by atoms with Crippen LogP contribution >= 0.6 is 0 Å². The standard InChI is InChI=1S/C15H27N3O2S/c1-11(2)12(3)17(5)21(19,20)15-8-14(9-16-4)18(10-15)13-6-7-13/h8,10-13,16H,6-7,9H2,1-5H3. The van der Waals surface area contributed by atoms with Crippen LogP contribution in [-0.2, 0) is 16.6 Å². The Hall–Kier alpha value is -0.850. The summed E-state index contributed by atoms with van der Waals surface area (Å²) in [4.78, 5) is 0.412. The Labute approximate surface area is 128 Å². The van der Waals surface area contributed by atoms with E-state index in [1.807, 2.05) is 40.1 Å². The van der Waals surface area contributed by atoms with E-state index in [4.69, 9.17) is 0 Å². The molecule has 0 aliphatic heterocycles. The maximum absolute atomic E-state index is 12.8. The van der Waals surface area contributed by atoms with Gasteiger partial charge in [-0.15, -0.1) is 0 Å². The molecule has 1 aromatic rings. The van der Waals surface area contributed by atoms with Gasteiger partial charge in [0.25, 0.3) is 0 Å². The number of nitrogens with one attached hydrogen (secondary N) is 1. The van der Waals surface area contributed by atoms with Gasteiger partial charge in [0.1, 0.15) is 4.90 Å². The maximum Gasteiger partial charge on any atom is 0.244 e. The minimum Gasteiger partial charge on any atom is -0.346 e. The number of sulfonamides is 1. The highest BCUT2D eigenvalue weighted by Gasteiger charge is 2.31. The predicted molar refractivity (Wildman–Crippen MR) is 84.7 cm³/mol. The summed E-state index contributed by atoms with van der Waals surface area (Å²) in [5.74, 6) is 0.284. The zero-order valence-electron chi connectivity index (χ0n) is 13.6. The highest BCUT2D eigenvalue weighted by molar-refractivity contribution is 7.89. The van der Waals surface area contributed by atoms with Gasteiger partial charge in [0, 0.05) is 37.6 Å². The molecule has 1 aliphatic rings. The first kappa shape index (κ1) is 16.5. The average molecular weight is 313 g/mol. The van der Waals surface area contributed by atoms with Crippen molar-refractivity contribution in [3.05, 3.63) is 18.0 Å². The molecule has 1 atom stereocenters. The molecule has 0 amide bonds. The molecule has 0 radical (unpaired) electrons. The number of nitrogens with zero attached hydrogens (tertiary/aromatic N) is 2. The molecular formula is C15H27N3O2S. The van der Waals surface area contributed by atoms with Crippen molar-refractivity contribution in [2.24, 2.45) is 5.92 Å². The second kappa shape index (κ2) is 6.10. The van der Waals surface area contributed by atoms with Crippen LogP contribution in [0.15, 0.2) is 17.2 Å². The third-order valence-electron chi connectivity index (χ3n) is 4.42. The maximum atomic E-state index is 12.8. The van der Waals surface area contributed by atoms with E-state index in [0.717, 1.165) is 18.5 Å². The molecule has 6 heteroatoms. The molecule has 1 N–H and O–H groups in total. The Morgan fingerprint density at radius 3 is 2.48 bits per heavy atom. The first-order valence-electron chi connectivity index (χ1n) is 7.62. The summed E-state index contributed by atoms with van der Waals surface area (Å²) in [6, 6.07) is 2.27. The van der Waals surface area contributed by atoms with Gasteiger partial charge < -0.3 is 9.88 Å². The molecule has 0 aromatic carbocycles. The molecule has 1 fully saturated rings. The lowest BCUT2D eigenvalue weighted by atomic mass is 10.1. The SMILES string of the molecule is CNCc1cc(S(=O)(=O)N(C)C(C)C(C)C)cn1C1CC1. The highest BCUT2D eigenvalue weighted by atomic mass is 32.2. The Morgan fingerprint density at radius 2 is 2.00 bits per heavy atom. The zero-order valence-corrected chi connectivity index (χ0v) is 14.4. The van der Waals surface area contributed by atoms with Crippen LogP contribution in [0.3, 0.4) is 0 Å². The molecule has 1 aliphatic carbocycles. The van der Waals surface area contributed by atoms with Crippen LogP contribution in [0.5, 0.6) is 0 Å². The smallest absolute Gasteiger partial charge is 0.244 e. The fourth-order valence-corrected chi connectivity index (χ4v) is 4.00. The Kier molecular flexibility index (Phi) is 4.80. The Bertz CT molecular complexity index is 588. The van der Waals surface area contributed by atoms with Crippen LogP contribution in [0, 0.1) is 5.92 Å². The van der Waals surface area contributed by atoms with Crippen molar-refractivity contribution < 1.29 is 8.42 Å². The molecule has 1 aromatic heterocycles. The summed E-state index contributed by atoms with van der Waals surface area (Å²) >= 11 is 0. The largest absolute Gasteiger partial charge is 0.346 e. The fraction of sp³-hybridized carbons (Fsp3) is 0.733. The first-order valence-corrected chi connectivity index (χ1v) is 9.06. The van der Waals surface area contributed by atoms with Gasteiger partial charge in [-0.25, -0.2) is 8.42 Å². The quantitative estimate of drug-likeness (QED) is 0.839. The van der Waals surface area contributed by atoms with Crippen molar-refractivity contribution in [3.63, 3.8) is 0 Å². The average Bonchev–Trinajstić information content (AvgIpc) is 3.18. The van der Waals surface area contributed by atoms with Crippen LogP contribution in [0.25, 0.3) is 0 Å². The van der Waals surface area contributed by atoms with Crippen molar-refractivity contribution in [3.8, 4) is 0 Å². The van der Waals surface area contributed by atoms with Crippen molar-refractivity contribution in [2.75, 3.05) is 14.1 Å². The molecule has 120 valence electrons. The number of aromatic nitrogens is 1. The van der Waals surface area contributed by atoms with Gasteiger partial charge in [0.05, 0.1) is 0 Å². The number of hydrogen-bond acceptors (Lipinski definition) is 3. The molecule has 1 heterocycles. The van der Waals surface area contributed by atoms with E-state index in [1.54, 1.807) is 7.05 Å². The molecule has 1 unspecified atom stereocenters. The van der Waals surface area contributed by atoms with Crippen molar-refractivity contribution in [1.29, 1.82) is 0 Å². The van der Waals surface area contributed by atoms with Crippen LogP contribution in [-0.4, -0.2) is 37.4 Å². The van der Waals surface area contributed by atoms with E-state index in [0.29, 0.717) is 17.5 Å². The van der Waals surface area contributed by atoms with Gasteiger partial charge in [0.2, 0.25) is 10.0 Å². The third kappa shape index (κ3) is 3.33. The Balaban J connectivity index is 2.33. The second-order valence-electron chi connectivity index (χ2n) is 6.34. The molecule has 0 bridgehead atoms. The highest BCUT2D eigenvalue weighted by Crippen LogP contribution is 2.37. The topological polar surface area (TPSA) is 54.3 Å². The number of rotatable bonds is 7. The van der Waals surface area contributed by atoms with Crippen LogP contribution in [0.2, 0.25) is 0 Å². The zero-order chi connectivity index (χ0) is 15.8. The van der Waals surface area contributed by atoms with Crippen molar-refractivity contribution >= 4 is 10.0 Å². The Morgan fingerprint density at radius 1 is 1.38 bits per heavy atom. The van der Waals surface area contributed by atoms with Crippen LogP contribution in [0.4, 0.5) is 0 Å². The van der Waals surface area contributed by atoms with Gasteiger partial charge in [-0.2, -0.15) is 4.31 Å². The summed E-state index contributed by atoms with van der Waals surface area (Å²) in [7, 11) is 0.129. The molecular weight excluding hydrogens is 286 g/mol. The minimum atomic E-state index is -3.42. The predicted octanol–water partition coefficient (Wildman–Crippen LogP) is 2.21. The summed E-state index contributed by atoms with van der Waals surface area (Å²) in [6.07, 6.45) is 4.09. The van der Waals surface area contributed by atoms with Gasteiger partial charge >= 0.3 is 0 Å². The van der Waals surface area contributed by atoms with Gasteiger partial charge in [0.15, 0.2) is 0 Å². The molecule has 0 saturated heterocycles. The van der Waals surface area contributed by atoms with E-state index < -0.39 is 10.0 Å². The van der Waals surface area contributed by atoms with E-state index >= 15 is 0 Å². The van der Waals surface area contributed by atoms with E-state index in [9.17, 15) is 8.42 Å². The van der Waals surface area contributed by atoms with Gasteiger partial charge in [-0.1, -0.05) is 13.8 Å². The van der Waals surface area contributed by atoms with Crippen LogP contribution in [0.1, 0.15) is 45.3 Å². The fourth-order valence-electron chi connectivity index (χ4n) is 2.46.